The van der Waals surface area contributed by atoms with Gasteiger partial charge in [-0.1, -0.05) is 0 Å². The Bertz CT molecular complexity index is 489. The SMILES string of the molecule is Cc1nccn1C[c-]1cccc1.[Fe+2].c1cc[cH-]c1. The maximum Gasteiger partial charge on any atom is 2.00 e. The molecule has 0 radical (unpaired) electrons. The quantitative estimate of drug-likeness (QED) is 0.520. The third-order valence-electron chi connectivity index (χ3n) is 2.56. The minimum atomic E-state index is 0. The van der Waals surface area contributed by atoms with E-state index < -0.39 is 0 Å². The standard InChI is InChI=1S/C10H11N2.C5H5.Fe/c1-9-11-6-7-12(9)8-10-4-2-3-5-10;1-2-4-5-3-1;/h2-7H,8H2,1H3;1-5H;/q2*-1;+2. The van der Waals surface area contributed by atoms with Gasteiger partial charge < -0.3 is 4.57 Å². The molecule has 0 fully saturated rings. The van der Waals surface area contributed by atoms with Crippen LogP contribution in [0.25, 0.3) is 0 Å². The van der Waals surface area contributed by atoms with Gasteiger partial charge in [0, 0.05) is 18.9 Å². The zero-order chi connectivity index (χ0) is 11.9. The van der Waals surface area contributed by atoms with Gasteiger partial charge in [0.2, 0.25) is 0 Å². The molecule has 0 N–H and O–H groups in total. The van der Waals surface area contributed by atoms with E-state index in [0.717, 1.165) is 12.4 Å². The van der Waals surface area contributed by atoms with Crippen molar-refractivity contribution in [1.29, 1.82) is 0 Å². The first-order chi connectivity index (χ1) is 8.36. The van der Waals surface area contributed by atoms with E-state index in [0.29, 0.717) is 0 Å². The van der Waals surface area contributed by atoms with Crippen molar-refractivity contribution in [3.8, 4) is 0 Å². The van der Waals surface area contributed by atoms with Crippen molar-refractivity contribution in [3.05, 3.63) is 78.4 Å². The summed E-state index contributed by atoms with van der Waals surface area (Å²) in [6.45, 7) is 2.95. The maximum absolute atomic E-state index is 4.16. The molecule has 1 heterocycles. The first-order valence-electron chi connectivity index (χ1n) is 5.71. The largest absolute Gasteiger partial charge is 2.00 e. The van der Waals surface area contributed by atoms with Gasteiger partial charge in [-0.3, -0.25) is 0 Å². The van der Waals surface area contributed by atoms with Gasteiger partial charge in [-0.2, -0.15) is 30.3 Å². The normalized spacial score (nSPS) is 9.17. The number of aryl methyl sites for hydroxylation is 1. The van der Waals surface area contributed by atoms with Crippen LogP contribution in [0, 0.1) is 6.92 Å². The van der Waals surface area contributed by atoms with Crippen molar-refractivity contribution >= 4 is 0 Å². The van der Waals surface area contributed by atoms with E-state index in [-0.39, 0.29) is 17.1 Å². The van der Waals surface area contributed by atoms with Gasteiger partial charge >= 0.3 is 17.1 Å². The van der Waals surface area contributed by atoms with E-state index >= 15 is 0 Å². The Morgan fingerprint density at radius 3 is 2.28 bits per heavy atom. The van der Waals surface area contributed by atoms with Crippen LogP contribution in [0.2, 0.25) is 0 Å². The summed E-state index contributed by atoms with van der Waals surface area (Å²) in [5, 5.41) is 0. The topological polar surface area (TPSA) is 17.8 Å². The van der Waals surface area contributed by atoms with Crippen molar-refractivity contribution in [3.63, 3.8) is 0 Å². The molecule has 0 saturated heterocycles. The molecule has 18 heavy (non-hydrogen) atoms. The molecule has 0 aliphatic carbocycles. The minimum absolute atomic E-state index is 0. The summed E-state index contributed by atoms with van der Waals surface area (Å²) in [6, 6.07) is 18.4. The Balaban J connectivity index is 0.000000230. The summed E-state index contributed by atoms with van der Waals surface area (Å²) in [5.41, 5.74) is 1.33. The fourth-order valence-electron chi connectivity index (χ4n) is 1.61. The van der Waals surface area contributed by atoms with Gasteiger partial charge in [-0.25, -0.2) is 29.2 Å². The Morgan fingerprint density at radius 1 is 1.17 bits per heavy atom. The molecule has 0 bridgehead atoms. The summed E-state index contributed by atoms with van der Waals surface area (Å²) >= 11 is 0. The zero-order valence-corrected chi connectivity index (χ0v) is 11.4. The molecular weight excluding hydrogens is 264 g/mol. The Hall–Kier alpha value is -1.57. The van der Waals surface area contributed by atoms with Crippen molar-refractivity contribution in [1.82, 2.24) is 9.55 Å². The van der Waals surface area contributed by atoms with Crippen LogP contribution >= 0.6 is 0 Å². The van der Waals surface area contributed by atoms with Gasteiger partial charge in [0.1, 0.15) is 5.82 Å². The first kappa shape index (κ1) is 14.5. The average Bonchev–Trinajstić information content (AvgIpc) is 3.05. The molecule has 0 saturated carbocycles. The smallest absolute Gasteiger partial charge is 0.342 e. The van der Waals surface area contributed by atoms with E-state index in [4.69, 9.17) is 0 Å². The molecule has 0 amide bonds. The van der Waals surface area contributed by atoms with Crippen LogP contribution in [0.1, 0.15) is 11.4 Å². The molecule has 0 atom stereocenters. The molecule has 1 aromatic heterocycles. The third kappa shape index (κ3) is 4.36. The van der Waals surface area contributed by atoms with Crippen molar-refractivity contribution in [2.75, 3.05) is 0 Å². The molecule has 2 nitrogen and oxygen atoms in total. The second kappa shape index (κ2) is 7.70. The molecule has 2 aromatic carbocycles. The molecule has 0 aliphatic rings. The van der Waals surface area contributed by atoms with Crippen LogP contribution in [0.4, 0.5) is 0 Å². The molecule has 3 aromatic rings. The first-order valence-corrected chi connectivity index (χ1v) is 5.71. The molecule has 0 spiro atoms. The van der Waals surface area contributed by atoms with Crippen LogP contribution < -0.4 is 0 Å². The van der Waals surface area contributed by atoms with E-state index in [9.17, 15) is 0 Å². The number of imidazole rings is 1. The van der Waals surface area contributed by atoms with Crippen molar-refractivity contribution in [2.45, 2.75) is 13.5 Å². The zero-order valence-electron chi connectivity index (χ0n) is 10.3. The minimum Gasteiger partial charge on any atom is -0.342 e. The number of rotatable bonds is 2. The van der Waals surface area contributed by atoms with Crippen LogP contribution in [0.3, 0.4) is 0 Å². The van der Waals surface area contributed by atoms with E-state index in [1.807, 2.05) is 49.6 Å². The number of hydrogen-bond acceptors (Lipinski definition) is 1. The van der Waals surface area contributed by atoms with Crippen molar-refractivity contribution < 1.29 is 17.1 Å². The molecule has 94 valence electrons. The number of hydrogen-bond donors (Lipinski definition) is 0. The van der Waals surface area contributed by atoms with Gasteiger partial charge in [0.05, 0.1) is 0 Å². The van der Waals surface area contributed by atoms with E-state index in [1.54, 1.807) is 0 Å². The van der Waals surface area contributed by atoms with Gasteiger partial charge in [-0.05, 0) is 6.92 Å². The second-order valence-electron chi connectivity index (χ2n) is 3.86. The van der Waals surface area contributed by atoms with Crippen molar-refractivity contribution in [2.24, 2.45) is 0 Å². The summed E-state index contributed by atoms with van der Waals surface area (Å²) in [7, 11) is 0. The molecular formula is C15H16FeN2. The van der Waals surface area contributed by atoms with E-state index in [1.165, 1.54) is 5.56 Å². The predicted molar refractivity (Wildman–Crippen MR) is 70.1 cm³/mol. The predicted octanol–water partition coefficient (Wildman–Crippen LogP) is 3.36. The van der Waals surface area contributed by atoms with Crippen LogP contribution in [-0.4, -0.2) is 9.55 Å². The fraction of sp³-hybridized carbons (Fsp3) is 0.133. The van der Waals surface area contributed by atoms with Crippen LogP contribution in [0.15, 0.2) is 67.0 Å². The monoisotopic (exact) mass is 280 g/mol. The van der Waals surface area contributed by atoms with Gasteiger partial charge in [0.25, 0.3) is 0 Å². The Labute approximate surface area is 118 Å². The summed E-state index contributed by atoms with van der Waals surface area (Å²) in [5.74, 6) is 1.07. The summed E-state index contributed by atoms with van der Waals surface area (Å²) in [6.07, 6.45) is 3.83. The molecule has 3 heteroatoms. The maximum atomic E-state index is 4.16. The molecule has 3 rings (SSSR count). The number of nitrogens with zero attached hydrogens (tertiary/aromatic N) is 2. The summed E-state index contributed by atoms with van der Waals surface area (Å²) in [4.78, 5) is 4.16. The number of aromatic nitrogens is 2. The summed E-state index contributed by atoms with van der Waals surface area (Å²) < 4.78 is 2.13. The Kier molecular flexibility index (Phi) is 6.20. The van der Waals surface area contributed by atoms with Gasteiger partial charge in [-0.15, -0.1) is 5.56 Å². The molecule has 0 unspecified atom stereocenters. The van der Waals surface area contributed by atoms with Crippen LogP contribution in [0.5, 0.6) is 0 Å². The third-order valence-corrected chi connectivity index (χ3v) is 2.56. The van der Waals surface area contributed by atoms with E-state index in [2.05, 4.69) is 33.8 Å². The van der Waals surface area contributed by atoms with Crippen LogP contribution in [-0.2, 0) is 23.6 Å². The fourth-order valence-corrected chi connectivity index (χ4v) is 1.61. The molecule has 0 aliphatic heterocycles. The second-order valence-corrected chi connectivity index (χ2v) is 3.86. The van der Waals surface area contributed by atoms with Gasteiger partial charge in [0.15, 0.2) is 0 Å². The Morgan fingerprint density at radius 2 is 1.83 bits per heavy atom. The average molecular weight is 280 g/mol.